The molecular formula is C9H10F3NO5. The van der Waals surface area contributed by atoms with Crippen LogP contribution in [0.2, 0.25) is 0 Å². The highest BCUT2D eigenvalue weighted by Crippen LogP contribution is 2.13. The molecule has 9 heteroatoms. The minimum Gasteiger partial charge on any atom is -0.480 e. The third kappa shape index (κ3) is 6.53. The SMILES string of the molecule is N[C@@H](Cc1ccco1)C(=O)O.O=C(O)C(F)(F)F. The lowest BCUT2D eigenvalue weighted by Crippen LogP contribution is -2.32. The molecule has 0 bridgehead atoms. The fraction of sp³-hybridized carbons (Fsp3) is 0.333. The van der Waals surface area contributed by atoms with Crippen molar-refractivity contribution < 1.29 is 37.4 Å². The van der Waals surface area contributed by atoms with Crippen LogP contribution >= 0.6 is 0 Å². The van der Waals surface area contributed by atoms with Gasteiger partial charge in [-0.1, -0.05) is 0 Å². The second-order valence-electron chi connectivity index (χ2n) is 3.03. The maximum atomic E-state index is 10.6. The highest BCUT2D eigenvalue weighted by atomic mass is 19.4. The minimum atomic E-state index is -5.08. The zero-order valence-corrected chi connectivity index (χ0v) is 8.85. The van der Waals surface area contributed by atoms with Crippen LogP contribution in [0.15, 0.2) is 22.8 Å². The van der Waals surface area contributed by atoms with Gasteiger partial charge >= 0.3 is 18.1 Å². The largest absolute Gasteiger partial charge is 0.490 e. The van der Waals surface area contributed by atoms with E-state index in [0.29, 0.717) is 5.76 Å². The van der Waals surface area contributed by atoms with E-state index in [0.717, 1.165) is 0 Å². The van der Waals surface area contributed by atoms with Crippen LogP contribution in [0.1, 0.15) is 5.76 Å². The lowest BCUT2D eigenvalue weighted by Gasteiger charge is -2.01. The molecule has 0 aliphatic heterocycles. The van der Waals surface area contributed by atoms with Gasteiger partial charge in [0.1, 0.15) is 11.8 Å². The molecule has 0 fully saturated rings. The second kappa shape index (κ2) is 6.64. The Labute approximate surface area is 98.8 Å². The minimum absolute atomic E-state index is 0.238. The van der Waals surface area contributed by atoms with Crippen molar-refractivity contribution in [2.75, 3.05) is 0 Å². The highest BCUT2D eigenvalue weighted by Gasteiger charge is 2.38. The summed E-state index contributed by atoms with van der Waals surface area (Å²) in [5.41, 5.74) is 5.25. The molecule has 0 aliphatic rings. The summed E-state index contributed by atoms with van der Waals surface area (Å²) in [6, 6.07) is 2.52. The average molecular weight is 269 g/mol. The quantitative estimate of drug-likeness (QED) is 0.750. The predicted molar refractivity (Wildman–Crippen MR) is 51.7 cm³/mol. The first-order chi connectivity index (χ1) is 8.14. The van der Waals surface area contributed by atoms with Crippen LogP contribution in [0, 0.1) is 0 Å². The third-order valence-corrected chi connectivity index (χ3v) is 1.56. The molecule has 0 saturated heterocycles. The zero-order chi connectivity index (χ0) is 14.3. The standard InChI is InChI=1S/C7H9NO3.C2HF3O2/c8-6(7(9)10)4-5-2-1-3-11-5;3-2(4,5)1(6)7/h1-3,6H,4,8H2,(H,9,10);(H,6,7)/t6-;/m0./s1. The first-order valence-corrected chi connectivity index (χ1v) is 4.45. The normalized spacial score (nSPS) is 12.2. The lowest BCUT2D eigenvalue weighted by atomic mass is 10.2. The zero-order valence-electron chi connectivity index (χ0n) is 8.85. The molecule has 0 radical (unpaired) electrons. The van der Waals surface area contributed by atoms with Gasteiger partial charge in [0.2, 0.25) is 0 Å². The number of rotatable bonds is 3. The first-order valence-electron chi connectivity index (χ1n) is 4.45. The van der Waals surface area contributed by atoms with Crippen molar-refractivity contribution >= 4 is 11.9 Å². The number of carboxylic acids is 2. The van der Waals surface area contributed by atoms with Crippen LogP contribution in [-0.4, -0.2) is 34.4 Å². The van der Waals surface area contributed by atoms with E-state index in [1.807, 2.05) is 0 Å². The number of hydrogen-bond donors (Lipinski definition) is 3. The fourth-order valence-corrected chi connectivity index (χ4v) is 0.733. The molecule has 1 aromatic rings. The number of carboxylic acid groups (broad SMARTS) is 2. The van der Waals surface area contributed by atoms with Crippen molar-refractivity contribution in [3.8, 4) is 0 Å². The van der Waals surface area contributed by atoms with Crippen molar-refractivity contribution in [3.63, 3.8) is 0 Å². The van der Waals surface area contributed by atoms with Gasteiger partial charge in [-0.25, -0.2) is 4.79 Å². The van der Waals surface area contributed by atoms with Gasteiger partial charge in [-0.15, -0.1) is 0 Å². The molecule has 0 aromatic carbocycles. The van der Waals surface area contributed by atoms with Crippen LogP contribution < -0.4 is 5.73 Å². The van der Waals surface area contributed by atoms with Crippen molar-refractivity contribution in [1.82, 2.24) is 0 Å². The fourth-order valence-electron chi connectivity index (χ4n) is 0.733. The van der Waals surface area contributed by atoms with Gasteiger partial charge in [0.05, 0.1) is 6.26 Å². The molecule has 102 valence electrons. The smallest absolute Gasteiger partial charge is 0.480 e. The Bertz CT molecular complexity index is 387. The van der Waals surface area contributed by atoms with Gasteiger partial charge in [-0.3, -0.25) is 4.79 Å². The summed E-state index contributed by atoms with van der Waals surface area (Å²) in [4.78, 5) is 19.2. The molecule has 0 saturated carbocycles. The van der Waals surface area contributed by atoms with Crippen molar-refractivity contribution in [2.24, 2.45) is 5.73 Å². The highest BCUT2D eigenvalue weighted by molar-refractivity contribution is 5.73. The van der Waals surface area contributed by atoms with Crippen molar-refractivity contribution in [1.29, 1.82) is 0 Å². The van der Waals surface area contributed by atoms with Crippen molar-refractivity contribution in [3.05, 3.63) is 24.2 Å². The molecule has 1 rings (SSSR count). The summed E-state index contributed by atoms with van der Waals surface area (Å²) in [5, 5.41) is 15.5. The maximum absolute atomic E-state index is 10.6. The van der Waals surface area contributed by atoms with Crippen LogP contribution in [-0.2, 0) is 16.0 Å². The summed E-state index contributed by atoms with van der Waals surface area (Å²) in [6.07, 6.45) is -3.35. The van der Waals surface area contributed by atoms with Crippen LogP contribution in [0.5, 0.6) is 0 Å². The Kier molecular flexibility index (Phi) is 5.89. The summed E-state index contributed by atoms with van der Waals surface area (Å²) < 4.78 is 36.6. The molecule has 0 amide bonds. The third-order valence-electron chi connectivity index (χ3n) is 1.56. The molecule has 18 heavy (non-hydrogen) atoms. The number of carbonyl (C=O) groups is 2. The van der Waals surface area contributed by atoms with Gasteiger partial charge in [-0.05, 0) is 12.1 Å². The second-order valence-corrected chi connectivity index (χ2v) is 3.03. The van der Waals surface area contributed by atoms with E-state index < -0.39 is 24.2 Å². The van der Waals surface area contributed by atoms with E-state index in [2.05, 4.69) is 0 Å². The van der Waals surface area contributed by atoms with Crippen LogP contribution in [0.25, 0.3) is 0 Å². The maximum Gasteiger partial charge on any atom is 0.490 e. The average Bonchev–Trinajstić information content (AvgIpc) is 2.69. The molecular weight excluding hydrogens is 259 g/mol. The molecule has 1 aromatic heterocycles. The predicted octanol–water partition coefficient (Wildman–Crippen LogP) is 0.867. The van der Waals surface area contributed by atoms with Crippen LogP contribution in [0.4, 0.5) is 13.2 Å². The van der Waals surface area contributed by atoms with Crippen molar-refractivity contribution in [2.45, 2.75) is 18.6 Å². The van der Waals surface area contributed by atoms with Crippen LogP contribution in [0.3, 0.4) is 0 Å². The van der Waals surface area contributed by atoms with E-state index in [9.17, 15) is 18.0 Å². The Morgan fingerprint density at radius 1 is 1.39 bits per heavy atom. The number of halogens is 3. The molecule has 1 atom stereocenters. The molecule has 1 heterocycles. The Morgan fingerprint density at radius 3 is 2.17 bits per heavy atom. The Morgan fingerprint density at radius 2 is 1.89 bits per heavy atom. The van der Waals surface area contributed by atoms with E-state index in [-0.39, 0.29) is 6.42 Å². The number of nitrogens with two attached hydrogens (primary N) is 1. The topological polar surface area (TPSA) is 114 Å². The Balaban J connectivity index is 0.000000360. The van der Waals surface area contributed by atoms with Gasteiger partial charge in [-0.2, -0.15) is 13.2 Å². The van der Waals surface area contributed by atoms with E-state index >= 15 is 0 Å². The lowest BCUT2D eigenvalue weighted by molar-refractivity contribution is -0.192. The molecule has 6 nitrogen and oxygen atoms in total. The molecule has 0 spiro atoms. The van der Waals surface area contributed by atoms with Gasteiger partial charge in [0.15, 0.2) is 0 Å². The summed E-state index contributed by atoms with van der Waals surface area (Å²) in [7, 11) is 0. The molecule has 0 aliphatic carbocycles. The molecule has 4 N–H and O–H groups in total. The number of furan rings is 1. The molecule has 0 unspecified atom stereocenters. The number of alkyl halides is 3. The number of hydrogen-bond acceptors (Lipinski definition) is 4. The van der Waals surface area contributed by atoms with Gasteiger partial charge in [0, 0.05) is 6.42 Å². The Hall–Kier alpha value is -2.03. The van der Waals surface area contributed by atoms with E-state index in [1.165, 1.54) is 6.26 Å². The van der Waals surface area contributed by atoms with Gasteiger partial charge < -0.3 is 20.4 Å². The van der Waals surface area contributed by atoms with Gasteiger partial charge in [0.25, 0.3) is 0 Å². The van der Waals surface area contributed by atoms with E-state index in [4.69, 9.17) is 25.2 Å². The number of aliphatic carboxylic acids is 2. The monoisotopic (exact) mass is 269 g/mol. The summed E-state index contributed by atoms with van der Waals surface area (Å²) >= 11 is 0. The summed E-state index contributed by atoms with van der Waals surface area (Å²) in [5.74, 6) is -3.17. The summed E-state index contributed by atoms with van der Waals surface area (Å²) in [6.45, 7) is 0. The van der Waals surface area contributed by atoms with E-state index in [1.54, 1.807) is 12.1 Å². The first kappa shape index (κ1) is 16.0.